The topological polar surface area (TPSA) is 17.1 Å². The van der Waals surface area contributed by atoms with Gasteiger partial charge in [-0.3, -0.25) is 4.79 Å². The van der Waals surface area contributed by atoms with Gasteiger partial charge in [-0.2, -0.15) is 0 Å². The molecule has 0 bridgehead atoms. The second kappa shape index (κ2) is 3.91. The summed E-state index contributed by atoms with van der Waals surface area (Å²) in [6, 6.07) is 0. The molecule has 1 fully saturated rings. The van der Waals surface area contributed by atoms with E-state index in [1.165, 1.54) is 0 Å². The Kier molecular flexibility index (Phi) is 3.07. The quantitative estimate of drug-likeness (QED) is 0.594. The first-order chi connectivity index (χ1) is 6.06. The molecule has 0 spiro atoms. The van der Waals surface area contributed by atoms with E-state index in [9.17, 15) is 4.79 Å². The number of allylic oxidation sites excluding steroid dienone is 2. The minimum absolute atomic E-state index is 0.160. The molecule has 0 heterocycles. The van der Waals surface area contributed by atoms with Gasteiger partial charge in [0.25, 0.3) is 0 Å². The number of hydrogen-bond donors (Lipinski definition) is 0. The number of carbonyl (C=O) groups is 1. The summed E-state index contributed by atoms with van der Waals surface area (Å²) in [5, 5.41) is 0. The zero-order valence-electron chi connectivity index (χ0n) is 8.55. The van der Waals surface area contributed by atoms with Crippen molar-refractivity contribution in [2.45, 2.75) is 26.7 Å². The number of ketones is 1. The molecule has 0 aromatic rings. The first-order valence-electron chi connectivity index (χ1n) is 4.87. The minimum Gasteiger partial charge on any atom is -0.299 e. The fourth-order valence-electron chi connectivity index (χ4n) is 1.96. The molecule has 0 N–H and O–H groups in total. The summed E-state index contributed by atoms with van der Waals surface area (Å²) in [6.07, 6.45) is 3.64. The zero-order chi connectivity index (χ0) is 10.0. The minimum atomic E-state index is 0.160. The number of carbonyl (C=O) groups excluding carboxylic acids is 1. The van der Waals surface area contributed by atoms with Gasteiger partial charge in [-0.05, 0) is 25.2 Å². The lowest BCUT2D eigenvalue weighted by molar-refractivity contribution is -0.126. The molecule has 1 aliphatic rings. The summed E-state index contributed by atoms with van der Waals surface area (Å²) in [6.45, 7) is 11.7. The monoisotopic (exact) mass is 178 g/mol. The van der Waals surface area contributed by atoms with Crippen LogP contribution in [0.1, 0.15) is 26.7 Å². The highest BCUT2D eigenvalue weighted by atomic mass is 16.1. The van der Waals surface area contributed by atoms with Crippen LogP contribution >= 0.6 is 0 Å². The van der Waals surface area contributed by atoms with Crippen LogP contribution in [0.4, 0.5) is 0 Å². The van der Waals surface area contributed by atoms with E-state index in [0.717, 1.165) is 12.0 Å². The highest BCUT2D eigenvalue weighted by molar-refractivity contribution is 5.82. The molecule has 0 aromatic carbocycles. The summed E-state index contributed by atoms with van der Waals surface area (Å²) in [4.78, 5) is 11.6. The smallest absolute Gasteiger partial charge is 0.136 e. The largest absolute Gasteiger partial charge is 0.299 e. The Bertz CT molecular complexity index is 240. The Balaban J connectivity index is 2.74. The third kappa shape index (κ3) is 2.09. The predicted octanol–water partition coefficient (Wildman–Crippen LogP) is 2.98. The Morgan fingerprint density at radius 1 is 1.62 bits per heavy atom. The molecular weight excluding hydrogens is 160 g/mol. The van der Waals surface area contributed by atoms with Crippen molar-refractivity contribution in [1.29, 1.82) is 0 Å². The molecule has 1 rings (SSSR count). The second-order valence-electron chi connectivity index (χ2n) is 4.14. The van der Waals surface area contributed by atoms with E-state index in [-0.39, 0.29) is 5.92 Å². The summed E-state index contributed by atoms with van der Waals surface area (Å²) >= 11 is 0. The van der Waals surface area contributed by atoms with Crippen molar-refractivity contribution < 1.29 is 4.79 Å². The van der Waals surface area contributed by atoms with Crippen LogP contribution in [0.2, 0.25) is 0 Å². The molecule has 72 valence electrons. The third-order valence-corrected chi connectivity index (χ3v) is 3.15. The Hall–Kier alpha value is -0.850. The first kappa shape index (κ1) is 10.2. The van der Waals surface area contributed by atoms with Gasteiger partial charge in [-0.1, -0.05) is 25.2 Å². The third-order valence-electron chi connectivity index (χ3n) is 3.15. The fourth-order valence-corrected chi connectivity index (χ4v) is 1.96. The zero-order valence-corrected chi connectivity index (χ0v) is 8.55. The summed E-state index contributed by atoms with van der Waals surface area (Å²) in [7, 11) is 0. The molecule has 0 saturated heterocycles. The van der Waals surface area contributed by atoms with Crippen LogP contribution in [0.3, 0.4) is 0 Å². The Morgan fingerprint density at radius 2 is 2.23 bits per heavy atom. The lowest BCUT2D eigenvalue weighted by atomic mass is 9.72. The maximum Gasteiger partial charge on any atom is 0.136 e. The van der Waals surface area contributed by atoms with E-state index in [4.69, 9.17) is 0 Å². The molecule has 1 aliphatic carbocycles. The predicted molar refractivity (Wildman–Crippen MR) is 55.4 cm³/mol. The SMILES string of the molecule is C=CC1CC(C(=C)C)CC(=O)C1C. The van der Waals surface area contributed by atoms with Crippen LogP contribution in [0.5, 0.6) is 0 Å². The molecule has 13 heavy (non-hydrogen) atoms. The van der Waals surface area contributed by atoms with Crippen LogP contribution in [-0.2, 0) is 4.79 Å². The fraction of sp³-hybridized carbons (Fsp3) is 0.583. The van der Waals surface area contributed by atoms with Crippen molar-refractivity contribution in [3.05, 3.63) is 24.8 Å². The maximum absolute atomic E-state index is 11.6. The highest BCUT2D eigenvalue weighted by Crippen LogP contribution is 2.34. The van der Waals surface area contributed by atoms with E-state index in [0.29, 0.717) is 24.0 Å². The van der Waals surface area contributed by atoms with Gasteiger partial charge in [-0.25, -0.2) is 0 Å². The van der Waals surface area contributed by atoms with E-state index < -0.39 is 0 Å². The molecule has 3 atom stereocenters. The Labute approximate surface area is 80.5 Å². The molecule has 3 unspecified atom stereocenters. The van der Waals surface area contributed by atoms with Crippen molar-refractivity contribution in [2.24, 2.45) is 17.8 Å². The van der Waals surface area contributed by atoms with Crippen molar-refractivity contribution in [3.8, 4) is 0 Å². The van der Waals surface area contributed by atoms with E-state index in [1.54, 1.807) is 0 Å². The van der Waals surface area contributed by atoms with Crippen molar-refractivity contribution in [1.82, 2.24) is 0 Å². The molecular formula is C12H18O. The van der Waals surface area contributed by atoms with Crippen LogP contribution in [0.25, 0.3) is 0 Å². The first-order valence-corrected chi connectivity index (χ1v) is 4.87. The number of rotatable bonds is 2. The van der Waals surface area contributed by atoms with Crippen molar-refractivity contribution >= 4 is 5.78 Å². The van der Waals surface area contributed by atoms with Gasteiger partial charge < -0.3 is 0 Å². The lowest BCUT2D eigenvalue weighted by Crippen LogP contribution is -2.30. The van der Waals surface area contributed by atoms with Crippen LogP contribution in [0, 0.1) is 17.8 Å². The van der Waals surface area contributed by atoms with Crippen molar-refractivity contribution in [3.63, 3.8) is 0 Å². The maximum atomic E-state index is 11.6. The second-order valence-corrected chi connectivity index (χ2v) is 4.14. The summed E-state index contributed by atoms with van der Waals surface area (Å²) in [5.74, 6) is 1.26. The van der Waals surface area contributed by atoms with Crippen LogP contribution in [0.15, 0.2) is 24.8 Å². The molecule has 1 heteroatoms. The highest BCUT2D eigenvalue weighted by Gasteiger charge is 2.31. The van der Waals surface area contributed by atoms with Crippen LogP contribution in [-0.4, -0.2) is 5.78 Å². The van der Waals surface area contributed by atoms with E-state index in [1.807, 2.05) is 19.9 Å². The molecule has 0 amide bonds. The normalized spacial score (nSPS) is 34.3. The van der Waals surface area contributed by atoms with Crippen LogP contribution < -0.4 is 0 Å². The van der Waals surface area contributed by atoms with Gasteiger partial charge in [0.1, 0.15) is 5.78 Å². The Morgan fingerprint density at radius 3 is 2.69 bits per heavy atom. The van der Waals surface area contributed by atoms with Crippen molar-refractivity contribution in [2.75, 3.05) is 0 Å². The molecule has 0 aliphatic heterocycles. The van der Waals surface area contributed by atoms with E-state index >= 15 is 0 Å². The standard InChI is InChI=1S/C12H18O/c1-5-10-6-11(8(2)3)7-12(13)9(10)4/h5,9-11H,1-2,6-7H2,3-4H3. The summed E-state index contributed by atoms with van der Waals surface area (Å²) in [5.41, 5.74) is 1.13. The average Bonchev–Trinajstić information content (AvgIpc) is 2.09. The summed E-state index contributed by atoms with van der Waals surface area (Å²) < 4.78 is 0. The average molecular weight is 178 g/mol. The van der Waals surface area contributed by atoms with Gasteiger partial charge in [0.15, 0.2) is 0 Å². The van der Waals surface area contributed by atoms with Gasteiger partial charge in [0.05, 0.1) is 0 Å². The van der Waals surface area contributed by atoms with Gasteiger partial charge in [-0.15, -0.1) is 6.58 Å². The molecule has 1 saturated carbocycles. The number of Topliss-reactive ketones (excluding diaryl/α,β-unsaturated/α-hetero) is 1. The molecule has 0 aromatic heterocycles. The number of hydrogen-bond acceptors (Lipinski definition) is 1. The lowest BCUT2D eigenvalue weighted by Gasteiger charge is -2.31. The van der Waals surface area contributed by atoms with Gasteiger partial charge in [0.2, 0.25) is 0 Å². The van der Waals surface area contributed by atoms with Gasteiger partial charge in [0, 0.05) is 12.3 Å². The van der Waals surface area contributed by atoms with Gasteiger partial charge >= 0.3 is 0 Å². The molecule has 1 nitrogen and oxygen atoms in total. The molecule has 0 radical (unpaired) electrons. The van der Waals surface area contributed by atoms with E-state index in [2.05, 4.69) is 13.2 Å².